The summed E-state index contributed by atoms with van der Waals surface area (Å²) >= 11 is 1.20. The summed E-state index contributed by atoms with van der Waals surface area (Å²) in [5.41, 5.74) is 0.898. The maximum absolute atomic E-state index is 15.5. The number of fused-ring (bicyclic) bond motifs is 1. The lowest BCUT2D eigenvalue weighted by atomic mass is 10.1. The van der Waals surface area contributed by atoms with Crippen LogP contribution in [0.4, 0.5) is 10.1 Å². The number of amides is 1. The molecule has 0 radical (unpaired) electrons. The zero-order chi connectivity index (χ0) is 21.6. The Morgan fingerprint density at radius 2 is 2.03 bits per heavy atom. The lowest BCUT2D eigenvalue weighted by molar-refractivity contribution is -0.00543. The van der Waals surface area contributed by atoms with Crippen molar-refractivity contribution in [1.82, 2.24) is 15.0 Å². The molecule has 0 aliphatic carbocycles. The minimum absolute atomic E-state index is 0.0481. The zero-order valence-electron chi connectivity index (χ0n) is 17.0. The molecule has 158 valence electrons. The van der Waals surface area contributed by atoms with Gasteiger partial charge >= 0.3 is 0 Å². The van der Waals surface area contributed by atoms with Gasteiger partial charge in [-0.05, 0) is 19.9 Å². The highest BCUT2D eigenvalue weighted by atomic mass is 32.1. The van der Waals surface area contributed by atoms with Crippen LogP contribution in [-0.4, -0.2) is 66.6 Å². The molecule has 1 amide bonds. The van der Waals surface area contributed by atoms with E-state index in [1.54, 1.807) is 30.4 Å². The summed E-state index contributed by atoms with van der Waals surface area (Å²) in [6, 6.07) is 1.56. The third-order valence-electron chi connectivity index (χ3n) is 4.90. The van der Waals surface area contributed by atoms with Crippen molar-refractivity contribution in [1.29, 1.82) is 0 Å². The summed E-state index contributed by atoms with van der Waals surface area (Å²) < 4.78 is 26.5. The molecule has 0 spiro atoms. The second-order valence-corrected chi connectivity index (χ2v) is 8.41. The van der Waals surface area contributed by atoms with Crippen molar-refractivity contribution in [2.24, 2.45) is 0 Å². The molecule has 1 fully saturated rings. The van der Waals surface area contributed by atoms with Crippen LogP contribution in [0.25, 0.3) is 21.7 Å². The van der Waals surface area contributed by atoms with Crippen molar-refractivity contribution in [2.75, 3.05) is 32.1 Å². The van der Waals surface area contributed by atoms with E-state index in [4.69, 9.17) is 9.26 Å². The van der Waals surface area contributed by atoms with Gasteiger partial charge in [-0.3, -0.25) is 9.59 Å². The lowest BCUT2D eigenvalue weighted by Gasteiger charge is -2.37. The second kappa shape index (κ2) is 7.77. The Bertz CT molecular complexity index is 1120. The van der Waals surface area contributed by atoms with Crippen LogP contribution in [-0.2, 0) is 4.74 Å². The highest BCUT2D eigenvalue weighted by Gasteiger charge is 2.30. The Balaban J connectivity index is 1.80. The van der Waals surface area contributed by atoms with Crippen molar-refractivity contribution in [3.63, 3.8) is 0 Å². The maximum atomic E-state index is 15.5. The van der Waals surface area contributed by atoms with Crippen LogP contribution in [0.1, 0.15) is 34.7 Å². The van der Waals surface area contributed by atoms with Gasteiger partial charge in [-0.15, -0.1) is 11.3 Å². The van der Waals surface area contributed by atoms with Crippen LogP contribution in [0, 0.1) is 5.82 Å². The Morgan fingerprint density at radius 3 is 2.67 bits per heavy atom. The molecule has 2 unspecified atom stereocenters. The first-order valence-electron chi connectivity index (χ1n) is 9.45. The highest BCUT2D eigenvalue weighted by molar-refractivity contribution is 7.13. The van der Waals surface area contributed by atoms with Crippen LogP contribution in [0.15, 0.2) is 16.0 Å². The predicted octanol–water partition coefficient (Wildman–Crippen LogP) is 3.22. The van der Waals surface area contributed by atoms with E-state index in [1.807, 2.05) is 13.8 Å². The number of aldehydes is 1. The van der Waals surface area contributed by atoms with Crippen LogP contribution in [0.5, 0.6) is 0 Å². The monoisotopic (exact) mass is 432 g/mol. The number of anilines is 1. The molecule has 1 aliphatic rings. The topological polar surface area (TPSA) is 88.8 Å². The number of carbonyl (C=O) groups is 2. The van der Waals surface area contributed by atoms with Gasteiger partial charge < -0.3 is 19.1 Å². The van der Waals surface area contributed by atoms with E-state index in [0.29, 0.717) is 35.5 Å². The van der Waals surface area contributed by atoms with Crippen molar-refractivity contribution >= 4 is 40.2 Å². The standard InChI is InChI=1S/C20H21FN4O4S/c1-10-6-25(7-11(2)28-10)17-12(8-26)5-13-16(23-29-18(13)15(17)21)19-22-14(9-30-19)20(27)24(3)4/h5,8-11H,6-7H2,1-4H3. The molecule has 1 aromatic carbocycles. The SMILES string of the molecule is CC1CN(c2c(C=O)cc3c(-c4nc(C(=O)N(C)C)cs4)noc3c2F)CC(C)O1. The number of hydrogen-bond donors (Lipinski definition) is 0. The number of hydrogen-bond acceptors (Lipinski definition) is 8. The first-order chi connectivity index (χ1) is 14.3. The molecule has 8 nitrogen and oxygen atoms in total. The van der Waals surface area contributed by atoms with Gasteiger partial charge in [-0.2, -0.15) is 0 Å². The zero-order valence-corrected chi connectivity index (χ0v) is 17.8. The van der Waals surface area contributed by atoms with Gasteiger partial charge in [0.15, 0.2) is 17.8 Å². The van der Waals surface area contributed by atoms with E-state index in [-0.39, 0.29) is 40.6 Å². The molecule has 3 heterocycles. The molecular formula is C20H21FN4O4S. The van der Waals surface area contributed by atoms with E-state index >= 15 is 4.39 Å². The number of aromatic nitrogens is 2. The third-order valence-corrected chi connectivity index (χ3v) is 5.75. The fraction of sp³-hybridized carbons (Fsp3) is 0.400. The Morgan fingerprint density at radius 1 is 1.33 bits per heavy atom. The average Bonchev–Trinajstić information content (AvgIpc) is 3.33. The molecule has 3 aromatic rings. The Kier molecular flexibility index (Phi) is 5.29. The largest absolute Gasteiger partial charge is 0.372 e. The van der Waals surface area contributed by atoms with E-state index in [1.165, 1.54) is 16.2 Å². The number of rotatable bonds is 4. The molecule has 10 heteroatoms. The number of benzene rings is 1. The second-order valence-electron chi connectivity index (χ2n) is 7.55. The van der Waals surface area contributed by atoms with E-state index in [0.717, 1.165) is 0 Å². The molecule has 1 aliphatic heterocycles. The summed E-state index contributed by atoms with van der Waals surface area (Å²) in [5, 5.41) is 6.35. The minimum Gasteiger partial charge on any atom is -0.372 e. The summed E-state index contributed by atoms with van der Waals surface area (Å²) in [6.07, 6.45) is 0.427. The molecule has 0 N–H and O–H groups in total. The van der Waals surface area contributed by atoms with E-state index < -0.39 is 5.82 Å². The van der Waals surface area contributed by atoms with Gasteiger partial charge in [-0.1, -0.05) is 5.16 Å². The van der Waals surface area contributed by atoms with Crippen LogP contribution < -0.4 is 4.90 Å². The molecule has 2 atom stereocenters. The quantitative estimate of drug-likeness (QED) is 0.585. The number of morpholine rings is 1. The number of halogens is 1. The highest BCUT2D eigenvalue weighted by Crippen LogP contribution is 2.37. The fourth-order valence-electron chi connectivity index (χ4n) is 3.68. The normalized spacial score (nSPS) is 19.3. The third kappa shape index (κ3) is 3.46. The van der Waals surface area contributed by atoms with Crippen molar-refractivity contribution in [3.05, 3.63) is 28.5 Å². The lowest BCUT2D eigenvalue weighted by Crippen LogP contribution is -2.46. The number of carbonyl (C=O) groups excluding carboxylic acids is 2. The molecular weight excluding hydrogens is 411 g/mol. The Labute approximate surface area is 176 Å². The molecule has 2 aromatic heterocycles. The molecule has 0 saturated carbocycles. The van der Waals surface area contributed by atoms with Crippen LogP contribution >= 0.6 is 11.3 Å². The average molecular weight is 432 g/mol. The first kappa shape index (κ1) is 20.4. The van der Waals surface area contributed by atoms with Crippen molar-refractivity contribution in [3.8, 4) is 10.7 Å². The number of nitrogens with zero attached hydrogens (tertiary/aromatic N) is 4. The smallest absolute Gasteiger partial charge is 0.272 e. The predicted molar refractivity (Wildman–Crippen MR) is 111 cm³/mol. The van der Waals surface area contributed by atoms with Gasteiger partial charge in [0.05, 0.1) is 23.3 Å². The molecule has 0 bridgehead atoms. The van der Waals surface area contributed by atoms with Crippen LogP contribution in [0.2, 0.25) is 0 Å². The Hall–Kier alpha value is -2.85. The fourth-order valence-corrected chi connectivity index (χ4v) is 4.47. The number of thiazole rings is 1. The maximum Gasteiger partial charge on any atom is 0.272 e. The van der Waals surface area contributed by atoms with E-state index in [2.05, 4.69) is 10.1 Å². The summed E-state index contributed by atoms with van der Waals surface area (Å²) in [4.78, 5) is 31.5. The van der Waals surface area contributed by atoms with Crippen molar-refractivity contribution < 1.29 is 23.2 Å². The summed E-state index contributed by atoms with van der Waals surface area (Å²) in [6.45, 7) is 4.72. The van der Waals surface area contributed by atoms with E-state index in [9.17, 15) is 9.59 Å². The van der Waals surface area contributed by atoms with Gasteiger partial charge in [0, 0.05) is 38.1 Å². The van der Waals surface area contributed by atoms with Gasteiger partial charge in [-0.25, -0.2) is 9.37 Å². The molecule has 4 rings (SSSR count). The van der Waals surface area contributed by atoms with Gasteiger partial charge in [0.1, 0.15) is 10.7 Å². The van der Waals surface area contributed by atoms with Crippen LogP contribution in [0.3, 0.4) is 0 Å². The summed E-state index contributed by atoms with van der Waals surface area (Å²) in [7, 11) is 3.26. The number of ether oxygens (including phenoxy) is 1. The first-order valence-corrected chi connectivity index (χ1v) is 10.3. The van der Waals surface area contributed by atoms with Gasteiger partial charge in [0.2, 0.25) is 5.58 Å². The molecule has 30 heavy (non-hydrogen) atoms. The van der Waals surface area contributed by atoms with Crippen molar-refractivity contribution in [2.45, 2.75) is 26.1 Å². The van der Waals surface area contributed by atoms with Gasteiger partial charge in [0.25, 0.3) is 5.91 Å². The summed E-state index contributed by atoms with van der Waals surface area (Å²) in [5.74, 6) is -0.890. The minimum atomic E-state index is -0.643. The molecule has 1 saturated heterocycles.